The lowest BCUT2D eigenvalue weighted by Gasteiger charge is -2.02. The zero-order valence-corrected chi connectivity index (χ0v) is 7.39. The first-order valence-electron chi connectivity index (χ1n) is 3.88. The van der Waals surface area contributed by atoms with Crippen molar-refractivity contribution in [3.8, 4) is 0 Å². The first-order valence-corrected chi connectivity index (χ1v) is 3.88. The van der Waals surface area contributed by atoms with Crippen LogP contribution in [0.5, 0.6) is 0 Å². The van der Waals surface area contributed by atoms with Crippen molar-refractivity contribution in [2.45, 2.75) is 27.7 Å². The SMILES string of the molecule is C/C=C(\C=N/CC)C(C)C. The summed E-state index contributed by atoms with van der Waals surface area (Å²) in [6.45, 7) is 9.33. The molecule has 1 heteroatoms. The van der Waals surface area contributed by atoms with Crippen LogP contribution >= 0.6 is 0 Å². The fraction of sp³-hybridized carbons (Fsp3) is 0.667. The van der Waals surface area contributed by atoms with Gasteiger partial charge in [-0.1, -0.05) is 19.9 Å². The topological polar surface area (TPSA) is 12.4 Å². The highest BCUT2D eigenvalue weighted by atomic mass is 14.7. The summed E-state index contributed by atoms with van der Waals surface area (Å²) < 4.78 is 0. The number of nitrogens with zero attached hydrogens (tertiary/aromatic N) is 1. The van der Waals surface area contributed by atoms with Crippen LogP contribution in [-0.4, -0.2) is 12.8 Å². The van der Waals surface area contributed by atoms with E-state index in [0.717, 1.165) is 6.54 Å². The molecule has 0 N–H and O–H groups in total. The summed E-state index contributed by atoms with van der Waals surface area (Å²) in [6.07, 6.45) is 4.08. The lowest BCUT2D eigenvalue weighted by atomic mass is 10.1. The average molecular weight is 139 g/mol. The molecule has 0 aromatic rings. The zero-order valence-electron chi connectivity index (χ0n) is 7.39. The van der Waals surface area contributed by atoms with Crippen LogP contribution in [0.1, 0.15) is 27.7 Å². The molecule has 0 fully saturated rings. The van der Waals surface area contributed by atoms with Crippen molar-refractivity contribution in [2.75, 3.05) is 6.54 Å². The maximum Gasteiger partial charge on any atom is 0.0361 e. The minimum absolute atomic E-state index is 0.597. The van der Waals surface area contributed by atoms with Crippen LogP contribution < -0.4 is 0 Å². The number of hydrogen-bond donors (Lipinski definition) is 0. The fourth-order valence-corrected chi connectivity index (χ4v) is 0.754. The van der Waals surface area contributed by atoms with Crippen LogP contribution in [0.25, 0.3) is 0 Å². The molecule has 0 heterocycles. The average Bonchev–Trinajstić information content (AvgIpc) is 1.89. The van der Waals surface area contributed by atoms with Gasteiger partial charge in [-0.05, 0) is 25.3 Å². The maximum atomic E-state index is 4.17. The minimum Gasteiger partial charge on any atom is -0.293 e. The molecule has 0 radical (unpaired) electrons. The van der Waals surface area contributed by atoms with Gasteiger partial charge in [-0.25, -0.2) is 0 Å². The second-order valence-electron chi connectivity index (χ2n) is 2.57. The second kappa shape index (κ2) is 5.21. The molecule has 0 amide bonds. The number of rotatable bonds is 3. The summed E-state index contributed by atoms with van der Waals surface area (Å²) in [5.74, 6) is 0.597. The van der Waals surface area contributed by atoms with Gasteiger partial charge in [-0.15, -0.1) is 0 Å². The predicted octanol–water partition coefficient (Wildman–Crippen LogP) is 2.68. The van der Waals surface area contributed by atoms with Crippen molar-refractivity contribution in [1.82, 2.24) is 0 Å². The van der Waals surface area contributed by atoms with E-state index in [0.29, 0.717) is 5.92 Å². The van der Waals surface area contributed by atoms with Crippen LogP contribution in [0.15, 0.2) is 16.6 Å². The van der Waals surface area contributed by atoms with Crippen LogP contribution in [0.2, 0.25) is 0 Å². The van der Waals surface area contributed by atoms with E-state index in [4.69, 9.17) is 0 Å². The summed E-state index contributed by atoms with van der Waals surface area (Å²) in [7, 11) is 0. The lowest BCUT2D eigenvalue weighted by Crippen LogP contribution is -1.94. The Balaban J connectivity index is 3.98. The fourth-order valence-electron chi connectivity index (χ4n) is 0.754. The van der Waals surface area contributed by atoms with Gasteiger partial charge in [0.25, 0.3) is 0 Å². The van der Waals surface area contributed by atoms with Gasteiger partial charge in [0, 0.05) is 12.8 Å². The molecule has 0 aliphatic carbocycles. The quantitative estimate of drug-likeness (QED) is 0.533. The van der Waals surface area contributed by atoms with Gasteiger partial charge in [-0.3, -0.25) is 4.99 Å². The number of hydrogen-bond acceptors (Lipinski definition) is 1. The van der Waals surface area contributed by atoms with Crippen LogP contribution in [0.3, 0.4) is 0 Å². The van der Waals surface area contributed by atoms with Gasteiger partial charge < -0.3 is 0 Å². The zero-order chi connectivity index (χ0) is 7.98. The summed E-state index contributed by atoms with van der Waals surface area (Å²) in [4.78, 5) is 4.17. The van der Waals surface area contributed by atoms with E-state index in [1.54, 1.807) is 0 Å². The third-order valence-corrected chi connectivity index (χ3v) is 1.42. The Labute approximate surface area is 63.9 Å². The van der Waals surface area contributed by atoms with E-state index in [2.05, 4.69) is 31.8 Å². The summed E-state index contributed by atoms with van der Waals surface area (Å²) in [5.41, 5.74) is 1.32. The Morgan fingerprint density at radius 1 is 1.50 bits per heavy atom. The second-order valence-corrected chi connectivity index (χ2v) is 2.57. The van der Waals surface area contributed by atoms with Crippen LogP contribution in [0.4, 0.5) is 0 Å². The molecule has 0 spiro atoms. The normalized spacial score (nSPS) is 13.5. The van der Waals surface area contributed by atoms with E-state index in [9.17, 15) is 0 Å². The standard InChI is InChI=1S/C9H17N/c1-5-9(8(3)4)7-10-6-2/h5,7-8H,6H2,1-4H3/b9-5+,10-7-. The molecule has 0 atom stereocenters. The molecule has 0 aromatic carbocycles. The monoisotopic (exact) mass is 139 g/mol. The summed E-state index contributed by atoms with van der Waals surface area (Å²) in [5, 5.41) is 0. The third-order valence-electron chi connectivity index (χ3n) is 1.42. The first kappa shape index (κ1) is 9.41. The molecule has 0 aliphatic rings. The van der Waals surface area contributed by atoms with E-state index >= 15 is 0 Å². The number of aliphatic imine (C=N–C) groups is 1. The van der Waals surface area contributed by atoms with Crippen molar-refractivity contribution >= 4 is 6.21 Å². The maximum absolute atomic E-state index is 4.17. The number of allylic oxidation sites excluding steroid dienone is 2. The Hall–Kier alpha value is -0.590. The molecule has 58 valence electrons. The molecule has 0 bridgehead atoms. The van der Waals surface area contributed by atoms with Crippen molar-refractivity contribution < 1.29 is 0 Å². The van der Waals surface area contributed by atoms with Crippen LogP contribution in [0, 0.1) is 5.92 Å². The highest BCUT2D eigenvalue weighted by Crippen LogP contribution is 2.05. The molecular formula is C9H17N. The predicted molar refractivity (Wildman–Crippen MR) is 47.6 cm³/mol. The Bertz CT molecular complexity index is 132. The smallest absolute Gasteiger partial charge is 0.0361 e. The van der Waals surface area contributed by atoms with E-state index in [-0.39, 0.29) is 0 Å². The van der Waals surface area contributed by atoms with Gasteiger partial charge in [0.15, 0.2) is 0 Å². The van der Waals surface area contributed by atoms with Crippen molar-refractivity contribution in [3.63, 3.8) is 0 Å². The lowest BCUT2D eigenvalue weighted by molar-refractivity contribution is 0.803. The third kappa shape index (κ3) is 3.44. The van der Waals surface area contributed by atoms with Crippen molar-refractivity contribution in [1.29, 1.82) is 0 Å². The molecule has 10 heavy (non-hydrogen) atoms. The highest BCUT2D eigenvalue weighted by molar-refractivity contribution is 5.78. The molecule has 0 aliphatic heterocycles. The van der Waals surface area contributed by atoms with E-state index in [1.807, 2.05) is 13.1 Å². The highest BCUT2D eigenvalue weighted by Gasteiger charge is 1.95. The molecule has 1 nitrogen and oxygen atoms in total. The molecule has 0 saturated carbocycles. The Kier molecular flexibility index (Phi) is 4.91. The minimum atomic E-state index is 0.597. The Morgan fingerprint density at radius 2 is 2.10 bits per heavy atom. The van der Waals surface area contributed by atoms with Gasteiger partial charge >= 0.3 is 0 Å². The molecule has 0 saturated heterocycles. The van der Waals surface area contributed by atoms with Crippen molar-refractivity contribution in [3.05, 3.63) is 11.6 Å². The van der Waals surface area contributed by atoms with Gasteiger partial charge in [-0.2, -0.15) is 0 Å². The molecule has 0 rings (SSSR count). The van der Waals surface area contributed by atoms with E-state index < -0.39 is 0 Å². The Morgan fingerprint density at radius 3 is 2.40 bits per heavy atom. The summed E-state index contributed by atoms with van der Waals surface area (Å²) in [6, 6.07) is 0. The molecule has 0 unspecified atom stereocenters. The van der Waals surface area contributed by atoms with E-state index in [1.165, 1.54) is 5.57 Å². The largest absolute Gasteiger partial charge is 0.293 e. The van der Waals surface area contributed by atoms with Crippen LogP contribution in [-0.2, 0) is 0 Å². The summed E-state index contributed by atoms with van der Waals surface area (Å²) >= 11 is 0. The first-order chi connectivity index (χ1) is 4.72. The van der Waals surface area contributed by atoms with Gasteiger partial charge in [0.2, 0.25) is 0 Å². The van der Waals surface area contributed by atoms with Gasteiger partial charge in [0.05, 0.1) is 0 Å². The van der Waals surface area contributed by atoms with Gasteiger partial charge in [0.1, 0.15) is 0 Å². The van der Waals surface area contributed by atoms with Crippen molar-refractivity contribution in [2.24, 2.45) is 10.9 Å². The molecule has 0 aromatic heterocycles. The molecular weight excluding hydrogens is 122 g/mol.